The Labute approximate surface area is 123 Å². The molecule has 0 aromatic carbocycles. The van der Waals surface area contributed by atoms with E-state index in [0.29, 0.717) is 10.3 Å². The Balaban J connectivity index is 1.86. The summed E-state index contributed by atoms with van der Waals surface area (Å²) < 4.78 is 4.87. The second kappa shape index (κ2) is 6.16. The number of carbonyl (C=O) groups is 1. The van der Waals surface area contributed by atoms with Crippen LogP contribution in [0.3, 0.4) is 0 Å². The van der Waals surface area contributed by atoms with Gasteiger partial charge < -0.3 is 15.2 Å². The minimum atomic E-state index is -1.11. The van der Waals surface area contributed by atoms with E-state index in [2.05, 4.69) is 20.8 Å². The monoisotopic (exact) mass is 314 g/mol. The molecule has 108 valence electrons. The van der Waals surface area contributed by atoms with Gasteiger partial charge in [0.1, 0.15) is 5.60 Å². The van der Waals surface area contributed by atoms with E-state index < -0.39 is 11.6 Å². The van der Waals surface area contributed by atoms with Crippen molar-refractivity contribution in [3.63, 3.8) is 0 Å². The molecule has 0 saturated carbocycles. The lowest BCUT2D eigenvalue weighted by molar-refractivity contribution is 0.0637. The molecule has 0 aliphatic carbocycles. The Bertz CT molecular complexity index is 568. The lowest BCUT2D eigenvalue weighted by atomic mass is 10.1. The molecule has 1 atom stereocenters. The highest BCUT2D eigenvalue weighted by Crippen LogP contribution is 2.24. The normalized spacial score (nSPS) is 13.6. The Morgan fingerprint density at radius 1 is 1.55 bits per heavy atom. The summed E-state index contributed by atoms with van der Waals surface area (Å²) in [5.41, 5.74) is -1.11. The minimum absolute atomic E-state index is 0.0925. The molecule has 3 N–H and O–H groups in total. The van der Waals surface area contributed by atoms with Crippen LogP contribution in [0.1, 0.15) is 11.8 Å². The Morgan fingerprint density at radius 2 is 2.35 bits per heavy atom. The van der Waals surface area contributed by atoms with Crippen molar-refractivity contribution in [2.75, 3.05) is 19.0 Å². The first-order valence-electron chi connectivity index (χ1n) is 5.70. The largest absolute Gasteiger partial charge is 0.472 e. The van der Waals surface area contributed by atoms with Gasteiger partial charge in [0, 0.05) is 4.88 Å². The van der Waals surface area contributed by atoms with Gasteiger partial charge >= 0.3 is 6.03 Å². The second-order valence-electron chi connectivity index (χ2n) is 4.14. The summed E-state index contributed by atoms with van der Waals surface area (Å²) >= 11 is 2.55. The summed E-state index contributed by atoms with van der Waals surface area (Å²) in [4.78, 5) is 12.5. The lowest BCUT2D eigenvalue weighted by Gasteiger charge is -2.22. The van der Waals surface area contributed by atoms with Crippen LogP contribution in [0.5, 0.6) is 5.19 Å². The maximum Gasteiger partial charge on any atom is 0.321 e. The zero-order valence-electron chi connectivity index (χ0n) is 10.9. The van der Waals surface area contributed by atoms with Crippen LogP contribution in [0.2, 0.25) is 0 Å². The number of aromatic nitrogens is 2. The van der Waals surface area contributed by atoms with Crippen LogP contribution in [0.15, 0.2) is 17.5 Å². The quantitative estimate of drug-likeness (QED) is 0.779. The van der Waals surface area contributed by atoms with Gasteiger partial charge in [-0.1, -0.05) is 11.2 Å². The Hall–Kier alpha value is -1.71. The van der Waals surface area contributed by atoms with E-state index in [4.69, 9.17) is 4.74 Å². The smallest absolute Gasteiger partial charge is 0.321 e. The van der Waals surface area contributed by atoms with Crippen molar-refractivity contribution >= 4 is 33.8 Å². The van der Waals surface area contributed by atoms with Crippen LogP contribution < -0.4 is 15.4 Å². The summed E-state index contributed by atoms with van der Waals surface area (Å²) in [5, 5.41) is 25.4. The Kier molecular flexibility index (Phi) is 4.53. The van der Waals surface area contributed by atoms with Crippen molar-refractivity contribution in [2.45, 2.75) is 12.5 Å². The summed E-state index contributed by atoms with van der Waals surface area (Å²) in [7, 11) is 1.47. The molecule has 0 fully saturated rings. The van der Waals surface area contributed by atoms with Gasteiger partial charge in [0.2, 0.25) is 5.13 Å². The number of urea groups is 1. The third-order valence-electron chi connectivity index (χ3n) is 2.45. The number of ether oxygens (including phenoxy) is 1. The summed E-state index contributed by atoms with van der Waals surface area (Å²) in [6, 6.07) is 3.21. The van der Waals surface area contributed by atoms with Crippen LogP contribution in [0.25, 0.3) is 0 Å². The molecule has 2 rings (SSSR count). The summed E-state index contributed by atoms with van der Waals surface area (Å²) in [6.07, 6.45) is 0. The first-order chi connectivity index (χ1) is 9.51. The molecule has 0 aliphatic heterocycles. The highest BCUT2D eigenvalue weighted by molar-refractivity contribution is 7.17. The maximum atomic E-state index is 11.7. The third kappa shape index (κ3) is 3.65. The minimum Gasteiger partial charge on any atom is -0.472 e. The maximum absolute atomic E-state index is 11.7. The Morgan fingerprint density at radius 3 is 2.95 bits per heavy atom. The SMILES string of the molecule is COc1nnc(NC(=O)NC[C@@](C)(O)c2cccs2)s1. The molecule has 0 unspecified atom stereocenters. The topological polar surface area (TPSA) is 96.4 Å². The molecular formula is C11H14N4O3S2. The molecule has 0 bridgehead atoms. The van der Waals surface area contributed by atoms with Gasteiger partial charge in [-0.25, -0.2) is 4.79 Å². The zero-order valence-corrected chi connectivity index (χ0v) is 12.5. The van der Waals surface area contributed by atoms with Crippen LogP contribution >= 0.6 is 22.7 Å². The van der Waals surface area contributed by atoms with Crippen LogP contribution in [0.4, 0.5) is 9.93 Å². The fraction of sp³-hybridized carbons (Fsp3) is 0.364. The van der Waals surface area contributed by atoms with Gasteiger partial charge in [-0.15, -0.1) is 16.4 Å². The first-order valence-corrected chi connectivity index (χ1v) is 7.39. The van der Waals surface area contributed by atoms with Crippen molar-refractivity contribution in [3.8, 4) is 5.19 Å². The van der Waals surface area contributed by atoms with Crippen LogP contribution in [-0.4, -0.2) is 35.0 Å². The molecule has 2 aromatic rings. The molecule has 0 radical (unpaired) electrons. The number of anilines is 1. The van der Waals surface area contributed by atoms with E-state index in [1.807, 2.05) is 17.5 Å². The zero-order chi connectivity index (χ0) is 14.6. The lowest BCUT2D eigenvalue weighted by Crippen LogP contribution is -2.40. The molecule has 0 spiro atoms. The molecule has 0 saturated heterocycles. The molecule has 9 heteroatoms. The molecule has 0 aliphatic rings. The molecule has 2 amide bonds. The van der Waals surface area contributed by atoms with Crippen molar-refractivity contribution in [2.24, 2.45) is 0 Å². The van der Waals surface area contributed by atoms with E-state index >= 15 is 0 Å². The van der Waals surface area contributed by atoms with Crippen LogP contribution in [-0.2, 0) is 5.60 Å². The molecule has 7 nitrogen and oxygen atoms in total. The number of nitrogens with zero attached hydrogens (tertiary/aromatic N) is 2. The number of amides is 2. The second-order valence-corrected chi connectivity index (χ2v) is 6.02. The fourth-order valence-electron chi connectivity index (χ4n) is 1.41. The highest BCUT2D eigenvalue weighted by Gasteiger charge is 2.25. The van der Waals surface area contributed by atoms with E-state index in [1.54, 1.807) is 6.92 Å². The van der Waals surface area contributed by atoms with Gasteiger partial charge in [0.15, 0.2) is 0 Å². The number of methoxy groups -OCH3 is 1. The standard InChI is InChI=1S/C11H14N4O3S2/c1-11(17,7-4-3-5-19-7)6-12-8(16)13-9-14-15-10(18-2)20-9/h3-5,17H,6H2,1-2H3,(H2,12,13,14,16)/t11-/m1/s1. The molecular weight excluding hydrogens is 300 g/mol. The number of carbonyl (C=O) groups excluding carboxylic acids is 1. The number of nitrogens with one attached hydrogen (secondary N) is 2. The van der Waals surface area contributed by atoms with Gasteiger partial charge in [-0.05, 0) is 29.7 Å². The predicted octanol–water partition coefficient (Wildman–Crippen LogP) is 1.64. The number of hydrogen-bond acceptors (Lipinski definition) is 7. The van der Waals surface area contributed by atoms with E-state index in [1.165, 1.54) is 18.4 Å². The number of rotatable bonds is 5. The van der Waals surface area contributed by atoms with E-state index in [0.717, 1.165) is 16.2 Å². The van der Waals surface area contributed by atoms with Crippen molar-refractivity contribution in [1.82, 2.24) is 15.5 Å². The van der Waals surface area contributed by atoms with Crippen molar-refractivity contribution < 1.29 is 14.6 Å². The predicted molar refractivity (Wildman–Crippen MR) is 77.4 cm³/mol. The molecule has 2 aromatic heterocycles. The summed E-state index contributed by atoms with van der Waals surface area (Å²) in [5.74, 6) is 0. The van der Waals surface area contributed by atoms with Gasteiger partial charge in [0.05, 0.1) is 13.7 Å². The van der Waals surface area contributed by atoms with Gasteiger partial charge in [-0.2, -0.15) is 0 Å². The van der Waals surface area contributed by atoms with E-state index in [9.17, 15) is 9.90 Å². The van der Waals surface area contributed by atoms with Gasteiger partial charge in [0.25, 0.3) is 5.19 Å². The van der Waals surface area contributed by atoms with E-state index in [-0.39, 0.29) is 6.54 Å². The average Bonchev–Trinajstić information content (AvgIpc) is 3.07. The van der Waals surface area contributed by atoms with Gasteiger partial charge in [-0.3, -0.25) is 5.32 Å². The fourth-order valence-corrected chi connectivity index (χ4v) is 2.75. The molecule has 20 heavy (non-hydrogen) atoms. The highest BCUT2D eigenvalue weighted by atomic mass is 32.1. The van der Waals surface area contributed by atoms with Crippen molar-refractivity contribution in [3.05, 3.63) is 22.4 Å². The third-order valence-corrected chi connectivity index (χ3v) is 4.37. The number of thiophene rings is 1. The van der Waals surface area contributed by atoms with Crippen molar-refractivity contribution in [1.29, 1.82) is 0 Å². The first kappa shape index (κ1) is 14.7. The average molecular weight is 314 g/mol. The summed E-state index contributed by atoms with van der Waals surface area (Å²) in [6.45, 7) is 1.74. The number of aliphatic hydroxyl groups is 1. The molecule has 2 heterocycles. The van der Waals surface area contributed by atoms with Crippen LogP contribution in [0, 0.1) is 0 Å². The number of hydrogen-bond donors (Lipinski definition) is 3.